The van der Waals surface area contributed by atoms with E-state index < -0.39 is 17.3 Å². The molecular formula is C8H10N3O3PS. The van der Waals surface area contributed by atoms with Gasteiger partial charge in [-0.15, -0.1) is 13.2 Å². The molecule has 0 aromatic rings. The zero-order valence-electron chi connectivity index (χ0n) is 8.46. The summed E-state index contributed by atoms with van der Waals surface area (Å²) in [5, 5.41) is 0. The van der Waals surface area contributed by atoms with E-state index in [1.807, 2.05) is 0 Å². The molecule has 0 unspecified atom stereocenters. The molecule has 0 aromatic heterocycles. The smallest absolute Gasteiger partial charge is 0.210 e. The second-order valence-corrected chi connectivity index (χ2v) is 9.43. The first-order valence-corrected chi connectivity index (χ1v) is 8.47. The van der Waals surface area contributed by atoms with Crippen molar-refractivity contribution in [1.29, 1.82) is 0 Å². The van der Waals surface area contributed by atoms with Crippen LogP contribution in [0, 0.1) is 0 Å². The minimum absolute atomic E-state index is 0.812. The summed E-state index contributed by atoms with van der Waals surface area (Å²) in [5.74, 6) is 0. The van der Waals surface area contributed by atoms with Gasteiger partial charge in [-0.1, -0.05) is 6.42 Å². The molecule has 0 N–H and O–H groups in total. The topological polar surface area (TPSA) is 88.3 Å². The predicted octanol–water partition coefficient (Wildman–Crippen LogP) is 2.12. The number of nitrogens with zero attached hydrogens (tertiary/aromatic N) is 3. The number of carbonyl (C=O) groups excluding carboxylic acids is 3. The van der Waals surface area contributed by atoms with Crippen LogP contribution in [0.5, 0.6) is 0 Å². The minimum atomic E-state index is -2.58. The van der Waals surface area contributed by atoms with Gasteiger partial charge in [0.2, 0.25) is 18.2 Å². The van der Waals surface area contributed by atoms with E-state index in [0.29, 0.717) is 0 Å². The van der Waals surface area contributed by atoms with E-state index in [0.717, 1.165) is 31.6 Å². The van der Waals surface area contributed by atoms with Gasteiger partial charge in [0.15, 0.2) is 0 Å². The van der Waals surface area contributed by atoms with Crippen LogP contribution in [0.25, 0.3) is 0 Å². The van der Waals surface area contributed by atoms with Gasteiger partial charge in [0.1, 0.15) is 10.2 Å². The van der Waals surface area contributed by atoms with Gasteiger partial charge < -0.3 is 0 Å². The van der Waals surface area contributed by atoms with Crippen molar-refractivity contribution < 1.29 is 14.4 Å². The van der Waals surface area contributed by atoms with Crippen molar-refractivity contribution >= 4 is 35.6 Å². The van der Waals surface area contributed by atoms with Crippen LogP contribution in [0.15, 0.2) is 13.2 Å². The Balaban J connectivity index is 3.12. The quantitative estimate of drug-likeness (QED) is 0.440. The monoisotopic (exact) mass is 259 g/mol. The molecule has 1 fully saturated rings. The van der Waals surface area contributed by atoms with E-state index in [1.54, 1.807) is 0 Å². The summed E-state index contributed by atoms with van der Waals surface area (Å²) in [5.41, 5.74) is 0. The molecule has 1 rings (SSSR count). The highest BCUT2D eigenvalue weighted by Crippen LogP contribution is 2.79. The maximum atomic E-state index is 10.4. The van der Waals surface area contributed by atoms with Crippen molar-refractivity contribution in [3.63, 3.8) is 0 Å². The molecule has 0 atom stereocenters. The molecule has 1 aliphatic rings. The normalized spacial score (nSPS) is 21.5. The average molecular weight is 259 g/mol. The SMILES string of the molecule is O=C=NS(N=C=O)(N=C=O)P1CCCCC1. The zero-order valence-corrected chi connectivity index (χ0v) is 10.2. The molecule has 0 bridgehead atoms. The first kappa shape index (κ1) is 13.0. The fraction of sp³-hybridized carbons (Fsp3) is 0.625. The van der Waals surface area contributed by atoms with Gasteiger partial charge in [-0.3, -0.25) is 0 Å². The summed E-state index contributed by atoms with van der Waals surface area (Å²) in [6.07, 6.45) is 8.77. The lowest BCUT2D eigenvalue weighted by atomic mass is 10.3. The third-order valence-electron chi connectivity index (χ3n) is 2.14. The number of hydrogen-bond donors (Lipinski definition) is 0. The van der Waals surface area contributed by atoms with Gasteiger partial charge in [-0.2, -0.15) is 0 Å². The lowest BCUT2D eigenvalue weighted by Gasteiger charge is -2.32. The lowest BCUT2D eigenvalue weighted by molar-refractivity contribution is 0.566. The van der Waals surface area contributed by atoms with Crippen LogP contribution in [-0.4, -0.2) is 30.6 Å². The van der Waals surface area contributed by atoms with E-state index in [1.165, 1.54) is 18.2 Å². The van der Waals surface area contributed by atoms with Gasteiger partial charge in [-0.05, 0) is 25.2 Å². The van der Waals surface area contributed by atoms with E-state index in [2.05, 4.69) is 13.2 Å². The highest BCUT2D eigenvalue weighted by atomic mass is 32.8. The average Bonchev–Trinajstić information content (AvgIpc) is 2.31. The Morgan fingerprint density at radius 2 is 1.25 bits per heavy atom. The molecule has 0 saturated carbocycles. The minimum Gasteiger partial charge on any atom is -0.210 e. The molecule has 0 aliphatic carbocycles. The molecule has 1 aliphatic heterocycles. The molecule has 16 heavy (non-hydrogen) atoms. The third kappa shape index (κ3) is 2.96. The number of isocyanates is 3. The Labute approximate surface area is 95.2 Å². The maximum absolute atomic E-state index is 10.4. The first-order valence-electron chi connectivity index (χ1n) is 4.65. The Morgan fingerprint density at radius 1 is 0.812 bits per heavy atom. The Bertz CT molecular complexity index is 346. The summed E-state index contributed by atoms with van der Waals surface area (Å²) in [7, 11) is -3.42. The zero-order chi connectivity index (χ0) is 11.9. The molecule has 1 saturated heterocycles. The first-order chi connectivity index (χ1) is 7.79. The molecular weight excluding hydrogens is 249 g/mol. The third-order valence-corrected chi connectivity index (χ3v) is 9.33. The van der Waals surface area contributed by atoms with E-state index in [-0.39, 0.29) is 0 Å². The molecule has 0 amide bonds. The number of rotatable bonds is 4. The summed E-state index contributed by atoms with van der Waals surface area (Å²) in [6.45, 7) is 0. The fourth-order valence-corrected chi connectivity index (χ4v) is 7.71. The highest BCUT2D eigenvalue weighted by molar-refractivity contribution is 8.75. The van der Waals surface area contributed by atoms with Gasteiger partial charge in [-0.25, -0.2) is 14.4 Å². The van der Waals surface area contributed by atoms with Gasteiger partial charge in [0.25, 0.3) is 0 Å². The highest BCUT2D eigenvalue weighted by Gasteiger charge is 2.34. The van der Waals surface area contributed by atoms with Gasteiger partial charge in [0.05, 0.1) is 0 Å². The van der Waals surface area contributed by atoms with Crippen LogP contribution in [0.3, 0.4) is 0 Å². The molecule has 86 valence electrons. The summed E-state index contributed by atoms with van der Waals surface area (Å²) >= 11 is 0. The van der Waals surface area contributed by atoms with Crippen LogP contribution in [-0.2, 0) is 14.4 Å². The molecule has 1 heterocycles. The van der Waals surface area contributed by atoms with Crippen LogP contribution >= 0.6 is 17.3 Å². The molecule has 0 spiro atoms. The van der Waals surface area contributed by atoms with Crippen LogP contribution in [0.2, 0.25) is 0 Å². The van der Waals surface area contributed by atoms with Crippen LogP contribution in [0.1, 0.15) is 19.3 Å². The Hall–Kier alpha value is -1.08. The molecule has 0 aromatic carbocycles. The largest absolute Gasteiger partial charge is 0.249 e. The summed E-state index contributed by atoms with van der Waals surface area (Å²) in [4.78, 5) is 31.1. The summed E-state index contributed by atoms with van der Waals surface area (Å²) < 4.78 is 10.5. The van der Waals surface area contributed by atoms with Crippen molar-refractivity contribution in [2.75, 3.05) is 12.3 Å². The van der Waals surface area contributed by atoms with Crippen molar-refractivity contribution in [3.05, 3.63) is 0 Å². The Morgan fingerprint density at radius 3 is 1.62 bits per heavy atom. The van der Waals surface area contributed by atoms with E-state index >= 15 is 0 Å². The van der Waals surface area contributed by atoms with Crippen molar-refractivity contribution in [3.8, 4) is 0 Å². The van der Waals surface area contributed by atoms with Crippen molar-refractivity contribution in [2.45, 2.75) is 19.3 Å². The second kappa shape index (κ2) is 6.49. The van der Waals surface area contributed by atoms with E-state index in [9.17, 15) is 14.4 Å². The van der Waals surface area contributed by atoms with Gasteiger partial charge in [0, 0.05) is 7.12 Å². The molecule has 8 heteroatoms. The maximum Gasteiger partial charge on any atom is 0.249 e. The standard InChI is InChI=1S/C8H10N3O3PS/c12-6-9-16(10-7-13,11-8-14)15-4-2-1-3-5-15/h1-5H2. The predicted molar refractivity (Wildman–Crippen MR) is 62.5 cm³/mol. The fourth-order valence-electron chi connectivity index (χ4n) is 1.49. The molecule has 6 nitrogen and oxygen atoms in total. The van der Waals surface area contributed by atoms with E-state index in [4.69, 9.17) is 0 Å². The number of hydrogen-bond acceptors (Lipinski definition) is 6. The van der Waals surface area contributed by atoms with Crippen molar-refractivity contribution in [1.82, 2.24) is 0 Å². The lowest BCUT2D eigenvalue weighted by Crippen LogP contribution is -2.03. The van der Waals surface area contributed by atoms with Crippen LogP contribution < -0.4 is 0 Å². The van der Waals surface area contributed by atoms with Gasteiger partial charge >= 0.3 is 0 Å². The summed E-state index contributed by atoms with van der Waals surface area (Å²) in [6, 6.07) is 0. The second-order valence-electron chi connectivity index (χ2n) is 3.03. The van der Waals surface area contributed by atoms with Crippen molar-refractivity contribution in [2.24, 2.45) is 13.2 Å². The Kier molecular flexibility index (Phi) is 5.27. The van der Waals surface area contributed by atoms with Crippen LogP contribution in [0.4, 0.5) is 0 Å². The molecule has 0 radical (unpaired) electrons.